The zero-order valence-electron chi connectivity index (χ0n) is 20.5. The standard InChI is InChI=1S/C26H26F2N6O2S2/c27-20-7-5-18(15-21(20)28)17-6-8-22(36-13-12-33-9-1-2-10-33)19(14-17)16-23-25(35)34(26(37)38-23)11-3-4-24-29-31-32-30-24/h5-8,14-16H,1-4,9-13H2,(H,29,30,31,32). The van der Waals surface area contributed by atoms with Gasteiger partial charge in [0.25, 0.3) is 5.91 Å². The molecule has 38 heavy (non-hydrogen) atoms. The summed E-state index contributed by atoms with van der Waals surface area (Å²) in [6.45, 7) is 3.89. The number of amides is 1. The summed E-state index contributed by atoms with van der Waals surface area (Å²) in [6.07, 6.45) is 5.36. The fourth-order valence-electron chi connectivity index (χ4n) is 4.46. The minimum atomic E-state index is -0.920. The molecule has 0 radical (unpaired) electrons. The van der Waals surface area contributed by atoms with Crippen molar-refractivity contribution >= 4 is 40.3 Å². The first-order valence-corrected chi connectivity index (χ1v) is 13.6. The summed E-state index contributed by atoms with van der Waals surface area (Å²) in [5, 5.41) is 13.8. The Kier molecular flexibility index (Phi) is 8.40. The predicted molar refractivity (Wildman–Crippen MR) is 145 cm³/mol. The predicted octanol–water partition coefficient (Wildman–Crippen LogP) is 4.45. The number of nitrogens with one attached hydrogen (secondary N) is 1. The fraction of sp³-hybridized carbons (Fsp3) is 0.346. The zero-order valence-corrected chi connectivity index (χ0v) is 22.2. The van der Waals surface area contributed by atoms with Gasteiger partial charge in [-0.2, -0.15) is 5.21 Å². The fourth-order valence-corrected chi connectivity index (χ4v) is 5.76. The number of aromatic nitrogens is 4. The Bertz CT molecular complexity index is 1350. The van der Waals surface area contributed by atoms with Crippen LogP contribution in [0.4, 0.5) is 8.78 Å². The number of rotatable bonds is 10. The molecule has 1 N–H and O–H groups in total. The smallest absolute Gasteiger partial charge is 0.266 e. The lowest BCUT2D eigenvalue weighted by Crippen LogP contribution is -2.29. The van der Waals surface area contributed by atoms with Crippen LogP contribution in [0.2, 0.25) is 0 Å². The second-order valence-corrected chi connectivity index (χ2v) is 10.7. The Morgan fingerprint density at radius 2 is 1.87 bits per heavy atom. The summed E-state index contributed by atoms with van der Waals surface area (Å²) in [6, 6.07) is 9.21. The van der Waals surface area contributed by atoms with Crippen LogP contribution in [0.3, 0.4) is 0 Å². The summed E-state index contributed by atoms with van der Waals surface area (Å²) >= 11 is 6.71. The van der Waals surface area contributed by atoms with Crippen LogP contribution in [0.1, 0.15) is 30.7 Å². The van der Waals surface area contributed by atoms with E-state index in [0.717, 1.165) is 31.8 Å². The molecular formula is C26H26F2N6O2S2. The summed E-state index contributed by atoms with van der Waals surface area (Å²) in [4.78, 5) is 17.6. The highest BCUT2D eigenvalue weighted by Crippen LogP contribution is 2.36. The van der Waals surface area contributed by atoms with Crippen molar-refractivity contribution in [1.82, 2.24) is 30.4 Å². The molecule has 5 rings (SSSR count). The Balaban J connectivity index is 1.36. The minimum Gasteiger partial charge on any atom is -0.492 e. The van der Waals surface area contributed by atoms with Crippen LogP contribution in [0.5, 0.6) is 5.75 Å². The highest BCUT2D eigenvalue weighted by atomic mass is 32.2. The highest BCUT2D eigenvalue weighted by Gasteiger charge is 2.32. The first kappa shape index (κ1) is 26.4. The maximum atomic E-state index is 13.9. The maximum absolute atomic E-state index is 13.9. The van der Waals surface area contributed by atoms with Gasteiger partial charge in [-0.05, 0) is 73.8 Å². The molecule has 0 atom stereocenters. The van der Waals surface area contributed by atoms with Crippen molar-refractivity contribution in [3.05, 3.63) is 64.3 Å². The first-order valence-electron chi connectivity index (χ1n) is 12.4. The molecule has 0 bridgehead atoms. The number of hydrogen-bond donors (Lipinski definition) is 1. The molecule has 2 aromatic carbocycles. The van der Waals surface area contributed by atoms with E-state index in [1.807, 2.05) is 6.07 Å². The number of aromatic amines is 1. The van der Waals surface area contributed by atoms with Gasteiger partial charge in [0.05, 0.1) is 4.91 Å². The molecule has 3 heterocycles. The average Bonchev–Trinajstić information content (AvgIpc) is 3.67. The number of carbonyl (C=O) groups is 1. The van der Waals surface area contributed by atoms with Crippen LogP contribution < -0.4 is 4.74 Å². The Hall–Kier alpha value is -3.22. The molecule has 0 aliphatic carbocycles. The Morgan fingerprint density at radius 1 is 1.08 bits per heavy atom. The molecule has 1 amide bonds. The monoisotopic (exact) mass is 556 g/mol. The number of nitrogens with zero attached hydrogens (tertiary/aromatic N) is 5. The summed E-state index contributed by atoms with van der Waals surface area (Å²) < 4.78 is 34.0. The normalized spacial score (nSPS) is 17.2. The Morgan fingerprint density at radius 3 is 2.63 bits per heavy atom. The van der Waals surface area contributed by atoms with Crippen molar-refractivity contribution in [1.29, 1.82) is 0 Å². The van der Waals surface area contributed by atoms with Crippen molar-refractivity contribution in [3.63, 3.8) is 0 Å². The third kappa shape index (κ3) is 6.25. The van der Waals surface area contributed by atoms with E-state index < -0.39 is 11.6 Å². The number of hydrogen-bond acceptors (Lipinski definition) is 8. The number of ether oxygens (including phenoxy) is 1. The molecule has 0 saturated carbocycles. The first-order chi connectivity index (χ1) is 18.5. The summed E-state index contributed by atoms with van der Waals surface area (Å²) in [5.74, 6) is -0.821. The molecular weight excluding hydrogens is 530 g/mol. The molecule has 8 nitrogen and oxygen atoms in total. The van der Waals surface area contributed by atoms with E-state index in [9.17, 15) is 13.6 Å². The van der Waals surface area contributed by atoms with Gasteiger partial charge in [-0.25, -0.2) is 8.78 Å². The SMILES string of the molecule is O=C1C(=Cc2cc(-c3ccc(F)c(F)c3)ccc2OCCN2CCCC2)SC(=S)N1CCCc1nn[nH]n1. The molecule has 198 valence electrons. The molecule has 2 fully saturated rings. The number of benzene rings is 2. The van der Waals surface area contributed by atoms with Gasteiger partial charge < -0.3 is 4.74 Å². The third-order valence-corrected chi connectivity index (χ3v) is 7.84. The molecule has 12 heteroatoms. The largest absolute Gasteiger partial charge is 0.492 e. The van der Waals surface area contributed by atoms with Gasteiger partial charge in [0, 0.05) is 25.1 Å². The van der Waals surface area contributed by atoms with Gasteiger partial charge in [-0.3, -0.25) is 14.6 Å². The second-order valence-electron chi connectivity index (χ2n) is 9.04. The van der Waals surface area contributed by atoms with Crippen molar-refractivity contribution < 1.29 is 18.3 Å². The average molecular weight is 557 g/mol. The van der Waals surface area contributed by atoms with Gasteiger partial charge >= 0.3 is 0 Å². The third-order valence-electron chi connectivity index (χ3n) is 6.46. The van der Waals surface area contributed by atoms with Gasteiger partial charge in [-0.15, -0.1) is 10.2 Å². The van der Waals surface area contributed by atoms with Crippen LogP contribution in [-0.2, 0) is 11.2 Å². The van der Waals surface area contributed by atoms with Crippen LogP contribution in [0.15, 0.2) is 41.3 Å². The van der Waals surface area contributed by atoms with E-state index in [1.165, 1.54) is 30.7 Å². The van der Waals surface area contributed by atoms with Crippen LogP contribution in [0, 0.1) is 11.6 Å². The van der Waals surface area contributed by atoms with Crippen molar-refractivity contribution in [2.75, 3.05) is 32.8 Å². The van der Waals surface area contributed by atoms with Crippen LogP contribution >= 0.6 is 24.0 Å². The molecule has 2 aliphatic heterocycles. The molecule has 2 aliphatic rings. The van der Waals surface area contributed by atoms with Crippen molar-refractivity contribution in [3.8, 4) is 16.9 Å². The van der Waals surface area contributed by atoms with Gasteiger partial charge in [0.15, 0.2) is 17.5 Å². The lowest BCUT2D eigenvalue weighted by molar-refractivity contribution is -0.122. The number of likely N-dealkylation sites (tertiary alicyclic amines) is 1. The van der Waals surface area contributed by atoms with E-state index in [0.29, 0.717) is 63.5 Å². The maximum Gasteiger partial charge on any atom is 0.266 e. The lowest BCUT2D eigenvalue weighted by atomic mass is 10.0. The zero-order chi connectivity index (χ0) is 26.5. The Labute approximate surface area is 228 Å². The van der Waals surface area contributed by atoms with E-state index in [4.69, 9.17) is 17.0 Å². The number of carbonyl (C=O) groups excluding carboxylic acids is 1. The quantitative estimate of drug-likeness (QED) is 0.290. The van der Waals surface area contributed by atoms with E-state index in [2.05, 4.69) is 25.5 Å². The molecule has 0 unspecified atom stereocenters. The van der Waals surface area contributed by atoms with Crippen molar-refractivity contribution in [2.45, 2.75) is 25.7 Å². The molecule has 0 spiro atoms. The van der Waals surface area contributed by atoms with Crippen LogP contribution in [0.25, 0.3) is 17.2 Å². The number of thioether (sulfide) groups is 1. The number of H-pyrrole nitrogens is 1. The van der Waals surface area contributed by atoms with Crippen LogP contribution in [-0.4, -0.2) is 73.4 Å². The van der Waals surface area contributed by atoms with Gasteiger partial charge in [0.2, 0.25) is 0 Å². The number of tetrazole rings is 1. The van der Waals surface area contributed by atoms with E-state index in [1.54, 1.807) is 23.1 Å². The molecule has 2 saturated heterocycles. The number of thiocarbonyl (C=S) groups is 1. The summed E-state index contributed by atoms with van der Waals surface area (Å²) in [7, 11) is 0. The molecule has 3 aromatic rings. The summed E-state index contributed by atoms with van der Waals surface area (Å²) in [5.41, 5.74) is 1.87. The van der Waals surface area contributed by atoms with E-state index >= 15 is 0 Å². The van der Waals surface area contributed by atoms with Gasteiger partial charge in [-0.1, -0.05) is 41.3 Å². The minimum absolute atomic E-state index is 0.186. The lowest BCUT2D eigenvalue weighted by Gasteiger charge is -2.17. The van der Waals surface area contributed by atoms with Gasteiger partial charge in [0.1, 0.15) is 16.7 Å². The molecule has 1 aromatic heterocycles. The highest BCUT2D eigenvalue weighted by molar-refractivity contribution is 8.26. The number of halogens is 2. The van der Waals surface area contributed by atoms with Crippen molar-refractivity contribution in [2.24, 2.45) is 0 Å². The van der Waals surface area contributed by atoms with E-state index in [-0.39, 0.29) is 5.91 Å². The second kappa shape index (κ2) is 12.1. The number of aryl methyl sites for hydroxylation is 1. The topological polar surface area (TPSA) is 87.2 Å².